The molecule has 1 aromatic rings. The van der Waals surface area contributed by atoms with Gasteiger partial charge in [0.05, 0.1) is 0 Å². The molecule has 0 aliphatic carbocycles. The first-order chi connectivity index (χ1) is 8.43. The molecule has 0 heterocycles. The van der Waals surface area contributed by atoms with Gasteiger partial charge in [0, 0.05) is 17.0 Å². The highest BCUT2D eigenvalue weighted by molar-refractivity contribution is 7.99. The van der Waals surface area contributed by atoms with Crippen molar-refractivity contribution >= 4 is 11.8 Å². The summed E-state index contributed by atoms with van der Waals surface area (Å²) in [5, 5.41) is 4.16. The lowest BCUT2D eigenvalue weighted by atomic mass is 10.0. The number of hydrogen-bond acceptors (Lipinski definition) is 2. The van der Waals surface area contributed by atoms with Gasteiger partial charge in [-0.2, -0.15) is 11.8 Å². The first-order valence-corrected chi connectivity index (χ1v) is 7.86. The number of thioether (sulfide) groups is 1. The van der Waals surface area contributed by atoms with Crippen LogP contribution >= 0.6 is 11.8 Å². The molecule has 2 unspecified atom stereocenters. The van der Waals surface area contributed by atoms with Crippen LogP contribution in [0.25, 0.3) is 0 Å². The summed E-state index contributed by atoms with van der Waals surface area (Å²) in [7, 11) is 2.06. The van der Waals surface area contributed by atoms with Gasteiger partial charge in [0.15, 0.2) is 0 Å². The van der Waals surface area contributed by atoms with Gasteiger partial charge in [-0.15, -0.1) is 0 Å². The fourth-order valence-electron chi connectivity index (χ4n) is 2.00. The van der Waals surface area contributed by atoms with Crippen LogP contribution in [0, 0.1) is 19.8 Å². The Balaban J connectivity index is 2.71. The molecule has 102 valence electrons. The summed E-state index contributed by atoms with van der Waals surface area (Å²) in [4.78, 5) is 0. The quantitative estimate of drug-likeness (QED) is 0.821. The summed E-state index contributed by atoms with van der Waals surface area (Å²) in [6.07, 6.45) is 0. The van der Waals surface area contributed by atoms with E-state index in [4.69, 9.17) is 0 Å². The maximum absolute atomic E-state index is 3.45. The molecule has 0 radical (unpaired) electrons. The average molecular weight is 265 g/mol. The fraction of sp³-hybridized carbons (Fsp3) is 0.625. The second kappa shape index (κ2) is 7.20. The molecular weight excluding hydrogens is 238 g/mol. The van der Waals surface area contributed by atoms with Crippen LogP contribution < -0.4 is 5.32 Å². The molecule has 1 aromatic carbocycles. The minimum absolute atomic E-state index is 0.454. The van der Waals surface area contributed by atoms with Crippen LogP contribution in [0.4, 0.5) is 0 Å². The van der Waals surface area contributed by atoms with Crippen molar-refractivity contribution in [3.8, 4) is 0 Å². The van der Waals surface area contributed by atoms with Crippen molar-refractivity contribution in [2.45, 2.75) is 45.9 Å². The highest BCUT2D eigenvalue weighted by Crippen LogP contribution is 2.26. The van der Waals surface area contributed by atoms with Crippen molar-refractivity contribution in [3.05, 3.63) is 34.9 Å². The van der Waals surface area contributed by atoms with Gasteiger partial charge in [-0.3, -0.25) is 0 Å². The van der Waals surface area contributed by atoms with E-state index in [0.29, 0.717) is 11.3 Å². The zero-order valence-corrected chi connectivity index (χ0v) is 13.4. The third-order valence-electron chi connectivity index (χ3n) is 3.46. The topological polar surface area (TPSA) is 12.0 Å². The van der Waals surface area contributed by atoms with Crippen molar-refractivity contribution in [1.29, 1.82) is 0 Å². The molecule has 1 nitrogen and oxygen atoms in total. The first-order valence-electron chi connectivity index (χ1n) is 6.81. The summed E-state index contributed by atoms with van der Waals surface area (Å²) >= 11 is 2.06. The zero-order chi connectivity index (χ0) is 13.7. The van der Waals surface area contributed by atoms with E-state index in [-0.39, 0.29) is 0 Å². The van der Waals surface area contributed by atoms with E-state index in [9.17, 15) is 0 Å². The maximum Gasteiger partial charge on any atom is 0.0409 e. The van der Waals surface area contributed by atoms with E-state index in [1.165, 1.54) is 16.7 Å². The minimum Gasteiger partial charge on any atom is -0.312 e. The van der Waals surface area contributed by atoms with Crippen molar-refractivity contribution in [3.63, 3.8) is 0 Å². The smallest absolute Gasteiger partial charge is 0.0409 e. The molecule has 0 saturated heterocycles. The molecule has 0 aliphatic heterocycles. The van der Waals surface area contributed by atoms with E-state index < -0.39 is 0 Å². The second-order valence-corrected chi connectivity index (χ2v) is 6.96. The number of rotatable bonds is 6. The summed E-state index contributed by atoms with van der Waals surface area (Å²) in [5.74, 6) is 1.88. The number of nitrogens with one attached hydrogen (secondary N) is 1. The predicted molar refractivity (Wildman–Crippen MR) is 84.5 cm³/mol. The molecule has 0 spiro atoms. The molecule has 0 amide bonds. The molecule has 2 heteroatoms. The summed E-state index contributed by atoms with van der Waals surface area (Å²) in [6, 6.07) is 7.29. The molecule has 0 fully saturated rings. The van der Waals surface area contributed by atoms with E-state index in [1.807, 2.05) is 0 Å². The molecule has 2 atom stereocenters. The van der Waals surface area contributed by atoms with Gasteiger partial charge >= 0.3 is 0 Å². The van der Waals surface area contributed by atoms with Gasteiger partial charge in [0.1, 0.15) is 0 Å². The van der Waals surface area contributed by atoms with Gasteiger partial charge in [0.25, 0.3) is 0 Å². The van der Waals surface area contributed by atoms with E-state index in [0.717, 1.165) is 11.7 Å². The molecule has 18 heavy (non-hydrogen) atoms. The van der Waals surface area contributed by atoms with Crippen LogP contribution in [-0.2, 0) is 0 Å². The highest BCUT2D eigenvalue weighted by Gasteiger charge is 2.14. The third kappa shape index (κ3) is 4.66. The van der Waals surface area contributed by atoms with Gasteiger partial charge in [-0.05, 0) is 32.4 Å². The number of hydrogen-bond donors (Lipinski definition) is 1. The van der Waals surface area contributed by atoms with Crippen LogP contribution in [0.1, 0.15) is 43.5 Å². The Morgan fingerprint density at radius 3 is 2.06 bits per heavy atom. The Bertz CT molecular complexity index is 353. The average Bonchev–Trinajstić information content (AvgIpc) is 2.28. The fourth-order valence-corrected chi connectivity index (χ4v) is 3.24. The monoisotopic (exact) mass is 265 g/mol. The molecule has 0 aliphatic rings. The molecule has 0 saturated carbocycles. The Hall–Kier alpha value is -0.470. The van der Waals surface area contributed by atoms with Crippen molar-refractivity contribution in [2.24, 2.45) is 5.92 Å². The van der Waals surface area contributed by atoms with E-state index in [1.54, 1.807) is 0 Å². The summed E-state index contributed by atoms with van der Waals surface area (Å²) in [5.41, 5.74) is 4.12. The van der Waals surface area contributed by atoms with Gasteiger partial charge in [-0.25, -0.2) is 0 Å². The SMILES string of the molecule is CNC(CSC(C)C(C)C)c1cc(C)cc(C)c1. The van der Waals surface area contributed by atoms with Gasteiger partial charge < -0.3 is 5.32 Å². The van der Waals surface area contributed by atoms with Gasteiger partial charge in [-0.1, -0.05) is 50.1 Å². The molecule has 1 N–H and O–H groups in total. The molecule has 0 aromatic heterocycles. The lowest BCUT2D eigenvalue weighted by Gasteiger charge is -2.21. The number of benzene rings is 1. The Morgan fingerprint density at radius 1 is 1.06 bits per heavy atom. The molecular formula is C16H27NS. The zero-order valence-electron chi connectivity index (χ0n) is 12.6. The van der Waals surface area contributed by atoms with E-state index >= 15 is 0 Å². The lowest BCUT2D eigenvalue weighted by Crippen LogP contribution is -2.21. The van der Waals surface area contributed by atoms with Crippen LogP contribution in [-0.4, -0.2) is 18.1 Å². The maximum atomic E-state index is 3.45. The Kier molecular flexibility index (Phi) is 6.24. The second-order valence-electron chi connectivity index (χ2n) is 5.54. The summed E-state index contributed by atoms with van der Waals surface area (Å²) < 4.78 is 0. The molecule has 1 rings (SSSR count). The van der Waals surface area contributed by atoms with Crippen molar-refractivity contribution in [1.82, 2.24) is 5.32 Å². The summed E-state index contributed by atoms with van der Waals surface area (Å²) in [6.45, 7) is 11.3. The normalized spacial score (nSPS) is 14.8. The lowest BCUT2D eigenvalue weighted by molar-refractivity contribution is 0.629. The van der Waals surface area contributed by atoms with Crippen molar-refractivity contribution in [2.75, 3.05) is 12.8 Å². The van der Waals surface area contributed by atoms with Crippen LogP contribution in [0.5, 0.6) is 0 Å². The van der Waals surface area contributed by atoms with E-state index in [2.05, 4.69) is 76.9 Å². The first kappa shape index (κ1) is 15.6. The van der Waals surface area contributed by atoms with Crippen LogP contribution in [0.2, 0.25) is 0 Å². The standard InChI is InChI=1S/C16H27NS/c1-11(2)14(5)18-10-16(17-6)15-8-12(3)7-13(4)9-15/h7-9,11,14,16-17H,10H2,1-6H3. The number of aryl methyl sites for hydroxylation is 2. The predicted octanol–water partition coefficient (Wildman–Crippen LogP) is 4.34. The molecule has 0 bridgehead atoms. The van der Waals surface area contributed by atoms with Gasteiger partial charge in [0.2, 0.25) is 0 Å². The third-order valence-corrected chi connectivity index (χ3v) is 5.06. The Morgan fingerprint density at radius 2 is 1.61 bits per heavy atom. The Labute approximate surface area is 117 Å². The van der Waals surface area contributed by atoms with Crippen molar-refractivity contribution < 1.29 is 0 Å². The largest absolute Gasteiger partial charge is 0.312 e. The van der Waals surface area contributed by atoms with Crippen LogP contribution in [0.15, 0.2) is 18.2 Å². The van der Waals surface area contributed by atoms with Crippen LogP contribution in [0.3, 0.4) is 0 Å². The minimum atomic E-state index is 0.454. The highest BCUT2D eigenvalue weighted by atomic mass is 32.2.